The zero-order chi connectivity index (χ0) is 13.5. The van der Waals surface area contributed by atoms with Crippen molar-refractivity contribution in [2.75, 3.05) is 26.8 Å². The van der Waals surface area contributed by atoms with Gasteiger partial charge in [-0.25, -0.2) is 0 Å². The maximum Gasteiger partial charge on any atom is 0.123 e. The van der Waals surface area contributed by atoms with E-state index in [4.69, 9.17) is 9.84 Å². The molecular formula is C16H25NO2. The molecule has 19 heavy (non-hydrogen) atoms. The fourth-order valence-electron chi connectivity index (χ4n) is 2.75. The summed E-state index contributed by atoms with van der Waals surface area (Å²) in [6.07, 6.45) is 5.76. The molecule has 1 heterocycles. The third kappa shape index (κ3) is 4.22. The Labute approximate surface area is 116 Å². The summed E-state index contributed by atoms with van der Waals surface area (Å²) in [7, 11) is 1.74. The molecule has 0 atom stereocenters. The van der Waals surface area contributed by atoms with Crippen LogP contribution in [0, 0.1) is 0 Å². The summed E-state index contributed by atoms with van der Waals surface area (Å²) in [5.41, 5.74) is 2.57. The molecule has 106 valence electrons. The Kier molecular flexibility index (Phi) is 5.67. The van der Waals surface area contributed by atoms with Gasteiger partial charge >= 0.3 is 0 Å². The third-order valence-corrected chi connectivity index (χ3v) is 3.81. The first kappa shape index (κ1) is 14.4. The molecule has 1 aromatic rings. The van der Waals surface area contributed by atoms with Crippen LogP contribution in [0.5, 0.6) is 5.75 Å². The molecule has 3 nitrogen and oxygen atoms in total. The van der Waals surface area contributed by atoms with Crippen LogP contribution in [-0.4, -0.2) is 36.8 Å². The Bertz CT molecular complexity index is 386. The van der Waals surface area contributed by atoms with E-state index in [-0.39, 0.29) is 6.61 Å². The molecule has 1 aromatic carbocycles. The van der Waals surface area contributed by atoms with Crippen molar-refractivity contribution in [2.45, 2.75) is 38.6 Å². The van der Waals surface area contributed by atoms with Gasteiger partial charge in [-0.05, 0) is 50.4 Å². The maximum atomic E-state index is 8.93. The molecule has 0 saturated carbocycles. The van der Waals surface area contributed by atoms with Crippen molar-refractivity contribution in [2.24, 2.45) is 0 Å². The molecule has 0 unspecified atom stereocenters. The van der Waals surface area contributed by atoms with Gasteiger partial charge in [-0.2, -0.15) is 0 Å². The Hall–Kier alpha value is -1.06. The monoisotopic (exact) mass is 263 g/mol. The Morgan fingerprint density at radius 3 is 2.68 bits per heavy atom. The van der Waals surface area contributed by atoms with Crippen LogP contribution in [0.1, 0.15) is 36.8 Å². The fraction of sp³-hybridized carbons (Fsp3) is 0.625. The SMILES string of the molecule is COc1ccc(CCCO)cc1CN1CCCCC1. The highest BCUT2D eigenvalue weighted by molar-refractivity contribution is 5.37. The number of hydrogen-bond donors (Lipinski definition) is 1. The fourth-order valence-corrected chi connectivity index (χ4v) is 2.75. The zero-order valence-corrected chi connectivity index (χ0v) is 11.9. The van der Waals surface area contributed by atoms with Gasteiger partial charge in [0.25, 0.3) is 0 Å². The van der Waals surface area contributed by atoms with Crippen LogP contribution in [-0.2, 0) is 13.0 Å². The molecule has 0 bridgehead atoms. The first-order chi connectivity index (χ1) is 9.33. The number of nitrogens with zero attached hydrogens (tertiary/aromatic N) is 1. The van der Waals surface area contributed by atoms with Crippen molar-refractivity contribution in [3.8, 4) is 5.75 Å². The largest absolute Gasteiger partial charge is 0.496 e. The minimum atomic E-state index is 0.257. The minimum absolute atomic E-state index is 0.257. The topological polar surface area (TPSA) is 32.7 Å². The highest BCUT2D eigenvalue weighted by atomic mass is 16.5. The lowest BCUT2D eigenvalue weighted by Gasteiger charge is -2.27. The van der Waals surface area contributed by atoms with E-state index in [2.05, 4.69) is 23.1 Å². The van der Waals surface area contributed by atoms with E-state index < -0.39 is 0 Å². The van der Waals surface area contributed by atoms with Crippen LogP contribution in [0.15, 0.2) is 18.2 Å². The number of piperidine rings is 1. The second-order valence-corrected chi connectivity index (χ2v) is 5.31. The summed E-state index contributed by atoms with van der Waals surface area (Å²) in [6, 6.07) is 6.41. The molecule has 1 N–H and O–H groups in total. The highest BCUT2D eigenvalue weighted by Gasteiger charge is 2.13. The van der Waals surface area contributed by atoms with Crippen molar-refractivity contribution in [3.05, 3.63) is 29.3 Å². The van der Waals surface area contributed by atoms with Crippen molar-refractivity contribution in [1.29, 1.82) is 0 Å². The lowest BCUT2D eigenvalue weighted by atomic mass is 10.0. The molecule has 1 saturated heterocycles. The molecule has 0 radical (unpaired) electrons. The Morgan fingerprint density at radius 1 is 1.21 bits per heavy atom. The van der Waals surface area contributed by atoms with Crippen LogP contribution >= 0.6 is 0 Å². The van der Waals surface area contributed by atoms with Crippen LogP contribution in [0.3, 0.4) is 0 Å². The van der Waals surface area contributed by atoms with E-state index in [1.54, 1.807) is 7.11 Å². The molecule has 2 rings (SSSR count). The quantitative estimate of drug-likeness (QED) is 0.856. The summed E-state index contributed by atoms with van der Waals surface area (Å²) in [5, 5.41) is 8.93. The Balaban J connectivity index is 2.06. The van der Waals surface area contributed by atoms with Gasteiger partial charge < -0.3 is 9.84 Å². The van der Waals surface area contributed by atoms with E-state index in [0.717, 1.165) is 25.1 Å². The molecule has 3 heteroatoms. The highest BCUT2D eigenvalue weighted by Crippen LogP contribution is 2.23. The Morgan fingerprint density at radius 2 is 2.00 bits per heavy atom. The predicted molar refractivity (Wildman–Crippen MR) is 77.5 cm³/mol. The molecule has 1 aliphatic heterocycles. The lowest BCUT2D eigenvalue weighted by Crippen LogP contribution is -2.29. The van der Waals surface area contributed by atoms with Gasteiger partial charge in [-0.3, -0.25) is 4.90 Å². The standard InChI is InChI=1S/C16H25NO2/c1-19-16-8-7-14(6-5-11-18)12-15(16)13-17-9-3-2-4-10-17/h7-8,12,18H,2-6,9-11,13H2,1H3. The van der Waals surface area contributed by atoms with E-state index in [0.29, 0.717) is 0 Å². The van der Waals surface area contributed by atoms with Gasteiger partial charge in [-0.15, -0.1) is 0 Å². The average Bonchev–Trinajstić information content (AvgIpc) is 2.46. The smallest absolute Gasteiger partial charge is 0.123 e. The summed E-state index contributed by atoms with van der Waals surface area (Å²) >= 11 is 0. The molecule has 1 aliphatic rings. The van der Waals surface area contributed by atoms with Gasteiger partial charge in [0.1, 0.15) is 5.75 Å². The van der Waals surface area contributed by atoms with Gasteiger partial charge in [-0.1, -0.05) is 18.6 Å². The minimum Gasteiger partial charge on any atom is -0.496 e. The number of aliphatic hydroxyl groups excluding tert-OH is 1. The van der Waals surface area contributed by atoms with Crippen LogP contribution < -0.4 is 4.74 Å². The number of rotatable bonds is 6. The number of ether oxygens (including phenoxy) is 1. The second kappa shape index (κ2) is 7.51. The van der Waals surface area contributed by atoms with Gasteiger partial charge in [0.05, 0.1) is 7.11 Å². The molecule has 0 amide bonds. The van der Waals surface area contributed by atoms with Crippen molar-refractivity contribution in [3.63, 3.8) is 0 Å². The average molecular weight is 263 g/mol. The number of aryl methyl sites for hydroxylation is 1. The maximum absolute atomic E-state index is 8.93. The molecule has 0 aliphatic carbocycles. The number of benzene rings is 1. The van der Waals surface area contributed by atoms with Crippen molar-refractivity contribution >= 4 is 0 Å². The number of hydrogen-bond acceptors (Lipinski definition) is 3. The number of likely N-dealkylation sites (tertiary alicyclic amines) is 1. The van der Waals surface area contributed by atoms with E-state index in [9.17, 15) is 0 Å². The van der Waals surface area contributed by atoms with Gasteiger partial charge in [0.15, 0.2) is 0 Å². The summed E-state index contributed by atoms with van der Waals surface area (Å²) in [4.78, 5) is 2.51. The number of aliphatic hydroxyl groups is 1. The zero-order valence-electron chi connectivity index (χ0n) is 11.9. The first-order valence-corrected chi connectivity index (χ1v) is 7.32. The predicted octanol–water partition coefficient (Wildman–Crippen LogP) is 2.61. The van der Waals surface area contributed by atoms with Gasteiger partial charge in [0, 0.05) is 18.7 Å². The van der Waals surface area contributed by atoms with Crippen LogP contribution in [0.2, 0.25) is 0 Å². The molecular weight excluding hydrogens is 238 g/mol. The summed E-state index contributed by atoms with van der Waals surface area (Å²) < 4.78 is 5.47. The molecule has 0 aromatic heterocycles. The summed E-state index contributed by atoms with van der Waals surface area (Å²) in [6.45, 7) is 3.64. The second-order valence-electron chi connectivity index (χ2n) is 5.31. The van der Waals surface area contributed by atoms with E-state index in [1.165, 1.54) is 43.5 Å². The van der Waals surface area contributed by atoms with E-state index in [1.807, 2.05) is 0 Å². The van der Waals surface area contributed by atoms with Crippen molar-refractivity contribution in [1.82, 2.24) is 4.90 Å². The molecule has 1 fully saturated rings. The third-order valence-electron chi connectivity index (χ3n) is 3.81. The van der Waals surface area contributed by atoms with E-state index >= 15 is 0 Å². The molecule has 0 spiro atoms. The first-order valence-electron chi connectivity index (χ1n) is 7.32. The number of methoxy groups -OCH3 is 1. The van der Waals surface area contributed by atoms with Crippen molar-refractivity contribution < 1.29 is 9.84 Å². The van der Waals surface area contributed by atoms with Crippen LogP contribution in [0.4, 0.5) is 0 Å². The van der Waals surface area contributed by atoms with Crippen LogP contribution in [0.25, 0.3) is 0 Å². The lowest BCUT2D eigenvalue weighted by molar-refractivity contribution is 0.218. The van der Waals surface area contributed by atoms with Gasteiger partial charge in [0.2, 0.25) is 0 Å². The normalized spacial score (nSPS) is 16.5. The summed E-state index contributed by atoms with van der Waals surface area (Å²) in [5.74, 6) is 0.985.